The minimum Gasteiger partial charge on any atom is -0.352 e. The summed E-state index contributed by atoms with van der Waals surface area (Å²) in [6, 6.07) is 11.8. The summed E-state index contributed by atoms with van der Waals surface area (Å²) in [6.45, 7) is 3.70. The number of carbonyl (C=O) groups is 2. The van der Waals surface area contributed by atoms with Crippen LogP contribution in [0.5, 0.6) is 0 Å². The van der Waals surface area contributed by atoms with Crippen LogP contribution >= 0.6 is 11.8 Å². The number of halogens is 3. The van der Waals surface area contributed by atoms with Gasteiger partial charge in [0.25, 0.3) is 5.91 Å². The maximum Gasteiger partial charge on any atom is 0.416 e. The molecule has 30 heavy (non-hydrogen) atoms. The lowest BCUT2D eigenvalue weighted by Gasteiger charge is -2.30. The van der Waals surface area contributed by atoms with Crippen molar-refractivity contribution in [2.75, 3.05) is 11.4 Å². The van der Waals surface area contributed by atoms with Gasteiger partial charge in [0, 0.05) is 10.9 Å². The van der Waals surface area contributed by atoms with Gasteiger partial charge in [-0.05, 0) is 49.2 Å². The Morgan fingerprint density at radius 3 is 2.47 bits per heavy atom. The number of hydrogen-bond donors (Lipinski definition) is 1. The first-order valence-electron chi connectivity index (χ1n) is 9.46. The number of carbonyl (C=O) groups excluding carboxylic acids is 2. The highest BCUT2D eigenvalue weighted by molar-refractivity contribution is 8.04. The zero-order chi connectivity index (χ0) is 21.9. The first-order chi connectivity index (χ1) is 14.2. The first-order valence-corrected chi connectivity index (χ1v) is 10.3. The van der Waals surface area contributed by atoms with Crippen LogP contribution in [0.15, 0.2) is 58.3 Å². The van der Waals surface area contributed by atoms with E-state index in [2.05, 4.69) is 5.32 Å². The average molecular weight is 434 g/mol. The molecule has 1 N–H and O–H groups in total. The second-order valence-corrected chi connectivity index (χ2v) is 8.05. The molecule has 0 radical (unpaired) electrons. The molecule has 158 valence electrons. The quantitative estimate of drug-likeness (QED) is 0.666. The lowest BCUT2D eigenvalue weighted by molar-refractivity contribution is -0.137. The van der Waals surface area contributed by atoms with Gasteiger partial charge in [0.1, 0.15) is 6.54 Å². The summed E-state index contributed by atoms with van der Waals surface area (Å²) in [4.78, 5) is 28.0. The van der Waals surface area contributed by atoms with Crippen LogP contribution in [-0.4, -0.2) is 24.4 Å². The molecule has 4 nitrogen and oxygen atoms in total. The molecule has 0 saturated carbocycles. The molecular formula is C22H21F3N2O2S. The van der Waals surface area contributed by atoms with Crippen molar-refractivity contribution in [1.82, 2.24) is 5.32 Å². The molecule has 1 atom stereocenters. The summed E-state index contributed by atoms with van der Waals surface area (Å²) in [7, 11) is 0. The van der Waals surface area contributed by atoms with Gasteiger partial charge < -0.3 is 5.32 Å². The van der Waals surface area contributed by atoms with E-state index in [1.165, 1.54) is 28.8 Å². The van der Waals surface area contributed by atoms with Gasteiger partial charge in [0.05, 0.1) is 16.2 Å². The van der Waals surface area contributed by atoms with E-state index in [1.54, 1.807) is 18.2 Å². The minimum absolute atomic E-state index is 0.0100. The number of amides is 2. The van der Waals surface area contributed by atoms with E-state index in [-0.39, 0.29) is 24.4 Å². The van der Waals surface area contributed by atoms with E-state index >= 15 is 0 Å². The Kier molecular flexibility index (Phi) is 6.55. The zero-order valence-electron chi connectivity index (χ0n) is 16.5. The van der Waals surface area contributed by atoms with Crippen molar-refractivity contribution in [2.45, 2.75) is 37.4 Å². The highest BCUT2D eigenvalue weighted by Gasteiger charge is 2.31. The van der Waals surface area contributed by atoms with Gasteiger partial charge in [-0.3, -0.25) is 14.5 Å². The predicted octanol–water partition coefficient (Wildman–Crippen LogP) is 5.10. The predicted molar refractivity (Wildman–Crippen MR) is 112 cm³/mol. The van der Waals surface area contributed by atoms with Crippen LogP contribution in [0.4, 0.5) is 18.9 Å². The van der Waals surface area contributed by atoms with Gasteiger partial charge >= 0.3 is 6.18 Å². The Hall–Kier alpha value is -2.74. The Labute approximate surface area is 177 Å². The van der Waals surface area contributed by atoms with Crippen LogP contribution in [0.1, 0.15) is 31.4 Å². The van der Waals surface area contributed by atoms with E-state index in [1.807, 2.05) is 26.0 Å². The van der Waals surface area contributed by atoms with Crippen molar-refractivity contribution >= 4 is 35.3 Å². The Balaban J connectivity index is 1.89. The summed E-state index contributed by atoms with van der Waals surface area (Å²) in [5.74, 6) is -0.633. The molecule has 0 aliphatic carbocycles. The third-order valence-electron chi connectivity index (χ3n) is 4.69. The molecule has 0 aromatic heterocycles. The monoisotopic (exact) mass is 434 g/mol. The third kappa shape index (κ3) is 5.05. The molecule has 1 aliphatic heterocycles. The third-order valence-corrected chi connectivity index (χ3v) is 5.77. The lowest BCUT2D eigenvalue weighted by Crippen LogP contribution is -2.44. The van der Waals surface area contributed by atoms with Crippen LogP contribution in [-0.2, 0) is 15.8 Å². The number of nitrogens with one attached hydrogen (secondary N) is 1. The smallest absolute Gasteiger partial charge is 0.352 e. The maximum absolute atomic E-state index is 13.1. The first kappa shape index (κ1) is 22.0. The number of anilines is 1. The number of nitrogens with zero attached hydrogens (tertiary/aromatic N) is 1. The molecule has 0 saturated heterocycles. The summed E-state index contributed by atoms with van der Waals surface area (Å²) in [6.07, 6.45) is -2.10. The van der Waals surface area contributed by atoms with Crippen LogP contribution in [0, 0.1) is 0 Å². The molecular weight excluding hydrogens is 413 g/mol. The second-order valence-electron chi connectivity index (χ2n) is 6.97. The number of para-hydroxylation sites is 1. The number of rotatable bonds is 5. The van der Waals surface area contributed by atoms with Crippen molar-refractivity contribution in [3.63, 3.8) is 0 Å². The van der Waals surface area contributed by atoms with E-state index in [9.17, 15) is 22.8 Å². The number of hydrogen-bond acceptors (Lipinski definition) is 3. The van der Waals surface area contributed by atoms with Gasteiger partial charge in [-0.2, -0.15) is 13.2 Å². The molecule has 0 unspecified atom stereocenters. The summed E-state index contributed by atoms with van der Waals surface area (Å²) < 4.78 is 38.3. The standard InChI is InChI=1S/C22H21F3N2O2S/c1-3-14(2)26-20(28)13-27-17-6-4-5-7-18(17)30-19(21(27)29)12-15-8-10-16(11-9-15)22(23,24)25/h4-12,14H,3,13H2,1-2H3,(H,26,28)/b19-12+/t14-/m0/s1. The molecule has 2 aromatic rings. The normalized spacial score (nSPS) is 16.4. The molecule has 2 amide bonds. The average Bonchev–Trinajstić information content (AvgIpc) is 2.70. The number of thioether (sulfide) groups is 1. The maximum atomic E-state index is 13.1. The fourth-order valence-electron chi connectivity index (χ4n) is 2.91. The van der Waals surface area contributed by atoms with E-state index in [4.69, 9.17) is 0 Å². The summed E-state index contributed by atoms with van der Waals surface area (Å²) >= 11 is 1.23. The van der Waals surface area contributed by atoms with Crippen LogP contribution in [0.25, 0.3) is 6.08 Å². The van der Waals surface area contributed by atoms with Crippen LogP contribution < -0.4 is 10.2 Å². The molecule has 0 fully saturated rings. The zero-order valence-corrected chi connectivity index (χ0v) is 17.3. The largest absolute Gasteiger partial charge is 0.416 e. The van der Waals surface area contributed by atoms with Gasteiger partial charge in [0.15, 0.2) is 0 Å². The molecule has 8 heteroatoms. The summed E-state index contributed by atoms with van der Waals surface area (Å²) in [5, 5.41) is 2.85. The molecule has 2 aromatic carbocycles. The van der Waals surface area contributed by atoms with Gasteiger partial charge in [-0.15, -0.1) is 0 Å². The highest BCUT2D eigenvalue weighted by Crippen LogP contribution is 2.42. The fourth-order valence-corrected chi connectivity index (χ4v) is 3.96. The molecule has 0 bridgehead atoms. The van der Waals surface area contributed by atoms with E-state index < -0.39 is 11.7 Å². The lowest BCUT2D eigenvalue weighted by atomic mass is 10.1. The SMILES string of the molecule is CC[C@H](C)NC(=O)CN1C(=O)/C(=C\c2ccc(C(F)(F)F)cc2)Sc2ccccc21. The number of fused-ring (bicyclic) bond motifs is 1. The van der Waals surface area contributed by atoms with Crippen molar-refractivity contribution in [3.8, 4) is 0 Å². The molecule has 1 aliphatic rings. The van der Waals surface area contributed by atoms with Gasteiger partial charge in [0.2, 0.25) is 5.91 Å². The molecule has 3 rings (SSSR count). The van der Waals surface area contributed by atoms with E-state index in [0.29, 0.717) is 16.2 Å². The molecule has 0 spiro atoms. The highest BCUT2D eigenvalue weighted by atomic mass is 32.2. The Morgan fingerprint density at radius 1 is 1.17 bits per heavy atom. The fraction of sp³-hybridized carbons (Fsp3) is 0.273. The topological polar surface area (TPSA) is 49.4 Å². The van der Waals surface area contributed by atoms with Crippen LogP contribution in [0.3, 0.4) is 0 Å². The van der Waals surface area contributed by atoms with Gasteiger partial charge in [-0.25, -0.2) is 0 Å². The van der Waals surface area contributed by atoms with Crippen molar-refractivity contribution in [2.24, 2.45) is 0 Å². The van der Waals surface area contributed by atoms with Crippen molar-refractivity contribution < 1.29 is 22.8 Å². The van der Waals surface area contributed by atoms with Gasteiger partial charge in [-0.1, -0.05) is 43.0 Å². The second kappa shape index (κ2) is 8.95. The number of alkyl halides is 3. The van der Waals surface area contributed by atoms with Crippen molar-refractivity contribution in [1.29, 1.82) is 0 Å². The minimum atomic E-state index is -4.42. The van der Waals surface area contributed by atoms with Crippen LogP contribution in [0.2, 0.25) is 0 Å². The Bertz CT molecular complexity index is 971. The summed E-state index contributed by atoms with van der Waals surface area (Å²) in [5.41, 5.74) is 0.361. The number of benzene rings is 2. The molecule has 1 heterocycles. The Morgan fingerprint density at radius 2 is 1.83 bits per heavy atom. The van der Waals surface area contributed by atoms with E-state index in [0.717, 1.165) is 23.4 Å². The van der Waals surface area contributed by atoms with Crippen molar-refractivity contribution in [3.05, 3.63) is 64.6 Å².